The fraction of sp³-hybridized carbons (Fsp3) is 0.316. The molecule has 0 radical (unpaired) electrons. The zero-order valence-corrected chi connectivity index (χ0v) is 13.8. The second-order valence-corrected chi connectivity index (χ2v) is 5.61. The van der Waals surface area contributed by atoms with E-state index in [9.17, 15) is 4.79 Å². The molecule has 4 heteroatoms. The van der Waals surface area contributed by atoms with Crippen LogP contribution >= 0.6 is 0 Å². The molecule has 0 aliphatic carbocycles. The number of carbonyl (C=O) groups is 1. The van der Waals surface area contributed by atoms with E-state index in [-0.39, 0.29) is 5.91 Å². The Morgan fingerprint density at radius 2 is 1.91 bits per heavy atom. The molecule has 0 spiro atoms. The lowest BCUT2D eigenvalue weighted by molar-refractivity contribution is -0.116. The van der Waals surface area contributed by atoms with Gasteiger partial charge >= 0.3 is 0 Å². The van der Waals surface area contributed by atoms with E-state index in [1.165, 1.54) is 0 Å². The molecule has 0 aliphatic heterocycles. The lowest BCUT2D eigenvalue weighted by Crippen LogP contribution is -2.13. The number of aryl methyl sites for hydroxylation is 2. The predicted molar refractivity (Wildman–Crippen MR) is 94.8 cm³/mol. The van der Waals surface area contributed by atoms with Crippen LogP contribution in [0.15, 0.2) is 42.5 Å². The molecule has 0 bridgehead atoms. The molecule has 4 nitrogen and oxygen atoms in total. The molecule has 2 aromatic carbocycles. The number of ether oxygens (including phenoxy) is 1. The number of amides is 1. The van der Waals surface area contributed by atoms with E-state index in [0.717, 1.165) is 35.6 Å². The van der Waals surface area contributed by atoms with Crippen molar-refractivity contribution in [2.45, 2.75) is 33.1 Å². The summed E-state index contributed by atoms with van der Waals surface area (Å²) in [5.41, 5.74) is 9.30. The standard InChI is InChI=1S/C19H24N2O2/c1-3-12-23-17-9-5-15(6-10-17)7-11-19(22)21-18-13-16(20)8-4-14(18)2/h4-6,8-10,13H,3,7,11-12,20H2,1-2H3,(H,21,22). The van der Waals surface area contributed by atoms with Crippen LogP contribution in [-0.4, -0.2) is 12.5 Å². The summed E-state index contributed by atoms with van der Waals surface area (Å²) in [5, 5.41) is 2.92. The van der Waals surface area contributed by atoms with Crippen molar-refractivity contribution in [1.29, 1.82) is 0 Å². The van der Waals surface area contributed by atoms with Crippen LogP contribution in [0, 0.1) is 6.92 Å². The average Bonchev–Trinajstić information content (AvgIpc) is 2.55. The number of benzene rings is 2. The van der Waals surface area contributed by atoms with Crippen molar-refractivity contribution < 1.29 is 9.53 Å². The first-order valence-corrected chi connectivity index (χ1v) is 7.96. The highest BCUT2D eigenvalue weighted by Crippen LogP contribution is 2.19. The van der Waals surface area contributed by atoms with Gasteiger partial charge in [-0.05, 0) is 55.2 Å². The molecular formula is C19H24N2O2. The zero-order valence-electron chi connectivity index (χ0n) is 13.8. The number of hydrogen-bond acceptors (Lipinski definition) is 3. The quantitative estimate of drug-likeness (QED) is 0.761. The Morgan fingerprint density at radius 3 is 2.61 bits per heavy atom. The maximum atomic E-state index is 12.1. The molecule has 1 amide bonds. The first kappa shape index (κ1) is 16.9. The van der Waals surface area contributed by atoms with Crippen molar-refractivity contribution in [3.8, 4) is 5.75 Å². The van der Waals surface area contributed by atoms with E-state index in [4.69, 9.17) is 10.5 Å². The first-order valence-electron chi connectivity index (χ1n) is 7.96. The zero-order chi connectivity index (χ0) is 16.7. The summed E-state index contributed by atoms with van der Waals surface area (Å²) in [6.07, 6.45) is 2.12. The van der Waals surface area contributed by atoms with Gasteiger partial charge in [-0.2, -0.15) is 0 Å². The van der Waals surface area contributed by atoms with E-state index in [1.807, 2.05) is 43.3 Å². The third kappa shape index (κ3) is 5.33. The molecule has 0 aliphatic rings. The number of nitrogens with one attached hydrogen (secondary N) is 1. The third-order valence-electron chi connectivity index (χ3n) is 3.57. The van der Waals surface area contributed by atoms with Gasteiger partial charge in [-0.1, -0.05) is 25.1 Å². The van der Waals surface area contributed by atoms with Crippen LogP contribution in [0.4, 0.5) is 11.4 Å². The molecule has 0 atom stereocenters. The first-order chi connectivity index (χ1) is 11.1. The molecule has 0 unspecified atom stereocenters. The topological polar surface area (TPSA) is 64.3 Å². The van der Waals surface area contributed by atoms with Crippen molar-refractivity contribution >= 4 is 17.3 Å². The number of carbonyl (C=O) groups excluding carboxylic acids is 1. The van der Waals surface area contributed by atoms with E-state index >= 15 is 0 Å². The van der Waals surface area contributed by atoms with Crippen LogP contribution in [0.5, 0.6) is 5.75 Å². The summed E-state index contributed by atoms with van der Waals surface area (Å²) in [5.74, 6) is 0.862. The predicted octanol–water partition coefficient (Wildman–Crippen LogP) is 3.94. The monoisotopic (exact) mass is 312 g/mol. The smallest absolute Gasteiger partial charge is 0.224 e. The van der Waals surface area contributed by atoms with Gasteiger partial charge in [0.25, 0.3) is 0 Å². The minimum Gasteiger partial charge on any atom is -0.494 e. The van der Waals surface area contributed by atoms with Gasteiger partial charge in [0.05, 0.1) is 6.61 Å². The highest BCUT2D eigenvalue weighted by atomic mass is 16.5. The second kappa shape index (κ2) is 8.22. The van der Waals surface area contributed by atoms with E-state index < -0.39 is 0 Å². The summed E-state index contributed by atoms with van der Waals surface area (Å²) in [4.78, 5) is 12.1. The van der Waals surface area contributed by atoms with Crippen LogP contribution in [0.3, 0.4) is 0 Å². The van der Waals surface area contributed by atoms with Gasteiger partial charge in [0.1, 0.15) is 5.75 Å². The number of rotatable bonds is 7. The Hall–Kier alpha value is -2.49. The summed E-state index contributed by atoms with van der Waals surface area (Å²) < 4.78 is 5.55. The molecule has 23 heavy (non-hydrogen) atoms. The summed E-state index contributed by atoms with van der Waals surface area (Å²) in [6, 6.07) is 13.4. The molecular weight excluding hydrogens is 288 g/mol. The molecule has 0 fully saturated rings. The fourth-order valence-corrected chi connectivity index (χ4v) is 2.22. The Morgan fingerprint density at radius 1 is 1.17 bits per heavy atom. The van der Waals surface area contributed by atoms with Crippen molar-refractivity contribution in [2.24, 2.45) is 0 Å². The second-order valence-electron chi connectivity index (χ2n) is 5.61. The highest BCUT2D eigenvalue weighted by molar-refractivity contribution is 5.92. The van der Waals surface area contributed by atoms with Crippen LogP contribution in [0.25, 0.3) is 0 Å². The lowest BCUT2D eigenvalue weighted by Gasteiger charge is -2.09. The minimum absolute atomic E-state index is 0.00925. The van der Waals surface area contributed by atoms with Gasteiger partial charge < -0.3 is 15.8 Å². The maximum Gasteiger partial charge on any atom is 0.224 e. The van der Waals surface area contributed by atoms with Gasteiger partial charge in [0.15, 0.2) is 0 Å². The maximum absolute atomic E-state index is 12.1. The summed E-state index contributed by atoms with van der Waals surface area (Å²) in [7, 11) is 0. The summed E-state index contributed by atoms with van der Waals surface area (Å²) >= 11 is 0. The van der Waals surface area contributed by atoms with Crippen molar-refractivity contribution in [3.63, 3.8) is 0 Å². The Bertz CT molecular complexity index is 651. The van der Waals surface area contributed by atoms with Gasteiger partial charge in [0.2, 0.25) is 5.91 Å². The van der Waals surface area contributed by atoms with Crippen molar-refractivity contribution in [1.82, 2.24) is 0 Å². The van der Waals surface area contributed by atoms with Gasteiger partial charge in [-0.15, -0.1) is 0 Å². The number of hydrogen-bond donors (Lipinski definition) is 2. The van der Waals surface area contributed by atoms with Gasteiger partial charge in [0, 0.05) is 17.8 Å². The van der Waals surface area contributed by atoms with Crippen LogP contribution < -0.4 is 15.8 Å². The Labute approximate surface area is 137 Å². The SMILES string of the molecule is CCCOc1ccc(CCC(=O)Nc2cc(N)ccc2C)cc1. The molecule has 3 N–H and O–H groups in total. The molecule has 2 rings (SSSR count). The lowest BCUT2D eigenvalue weighted by atomic mass is 10.1. The normalized spacial score (nSPS) is 10.3. The molecule has 0 aromatic heterocycles. The van der Waals surface area contributed by atoms with Crippen LogP contribution in [-0.2, 0) is 11.2 Å². The van der Waals surface area contributed by atoms with Gasteiger partial charge in [-0.25, -0.2) is 0 Å². The largest absolute Gasteiger partial charge is 0.494 e. The number of nitrogens with two attached hydrogens (primary N) is 1. The van der Waals surface area contributed by atoms with Crippen molar-refractivity contribution in [2.75, 3.05) is 17.7 Å². The average molecular weight is 312 g/mol. The summed E-state index contributed by atoms with van der Waals surface area (Å²) in [6.45, 7) is 4.75. The molecule has 122 valence electrons. The third-order valence-corrected chi connectivity index (χ3v) is 3.57. The molecule has 0 saturated carbocycles. The number of nitrogen functional groups attached to an aromatic ring is 1. The molecule has 2 aromatic rings. The van der Waals surface area contributed by atoms with Crippen LogP contribution in [0.2, 0.25) is 0 Å². The Balaban J connectivity index is 1.85. The van der Waals surface area contributed by atoms with Crippen LogP contribution in [0.1, 0.15) is 30.9 Å². The molecule has 0 heterocycles. The van der Waals surface area contributed by atoms with Gasteiger partial charge in [-0.3, -0.25) is 4.79 Å². The van der Waals surface area contributed by atoms with E-state index in [1.54, 1.807) is 6.07 Å². The Kier molecular flexibility index (Phi) is 6.03. The molecule has 0 saturated heterocycles. The number of anilines is 2. The van der Waals surface area contributed by atoms with E-state index in [2.05, 4.69) is 12.2 Å². The highest BCUT2D eigenvalue weighted by Gasteiger charge is 2.06. The minimum atomic E-state index is -0.00925. The van der Waals surface area contributed by atoms with E-state index in [0.29, 0.717) is 18.5 Å². The van der Waals surface area contributed by atoms with Crippen molar-refractivity contribution in [3.05, 3.63) is 53.6 Å². The fourth-order valence-electron chi connectivity index (χ4n) is 2.22.